The third kappa shape index (κ3) is 4.05. The van der Waals surface area contributed by atoms with Gasteiger partial charge in [-0.05, 0) is 62.8 Å². The van der Waals surface area contributed by atoms with Gasteiger partial charge >= 0.3 is 0 Å². The van der Waals surface area contributed by atoms with E-state index in [9.17, 15) is 8.42 Å². The highest BCUT2D eigenvalue weighted by molar-refractivity contribution is 7.92. The largest absolute Gasteiger partial charge is 0.491 e. The zero-order valence-electron chi connectivity index (χ0n) is 18.3. The van der Waals surface area contributed by atoms with E-state index in [4.69, 9.17) is 9.47 Å². The second-order valence-corrected chi connectivity index (χ2v) is 11.5. The van der Waals surface area contributed by atoms with Gasteiger partial charge in [0, 0.05) is 25.0 Å². The summed E-state index contributed by atoms with van der Waals surface area (Å²) in [6, 6.07) is 7.83. The Morgan fingerprint density at radius 2 is 1.90 bits per heavy atom. The van der Waals surface area contributed by atoms with Gasteiger partial charge in [0.25, 0.3) is 0 Å². The Balaban J connectivity index is 1.21. The molecule has 1 aromatic rings. The first-order chi connectivity index (χ1) is 15.1. The van der Waals surface area contributed by atoms with E-state index in [2.05, 4.69) is 17.1 Å². The van der Waals surface area contributed by atoms with Crippen LogP contribution in [0, 0.1) is 5.92 Å². The number of piperidine rings is 1. The standard InChI is InChI=1S/C25H33NO4S/c1-2-23-25(30-22-8-3-4-9-24(22)31(23,27)28)18-10-12-20(13-11-18)29-21-14-16-26(17-15-21)19-6-5-7-19/h3-4,8-10,12-13,18-19,21,23,25H,2,5-7,11,14-17H2,1H3/t18?,23-,25-/m0/s1. The summed E-state index contributed by atoms with van der Waals surface area (Å²) in [5.74, 6) is 1.43. The zero-order chi connectivity index (χ0) is 21.4. The number of rotatable bonds is 5. The summed E-state index contributed by atoms with van der Waals surface area (Å²) < 4.78 is 38.9. The number of sulfone groups is 1. The van der Waals surface area contributed by atoms with Crippen LogP contribution in [0.5, 0.6) is 5.75 Å². The van der Waals surface area contributed by atoms with Gasteiger partial charge < -0.3 is 14.4 Å². The third-order valence-electron chi connectivity index (χ3n) is 7.48. The van der Waals surface area contributed by atoms with Gasteiger partial charge in [0.1, 0.15) is 33.9 Å². The predicted molar refractivity (Wildman–Crippen MR) is 121 cm³/mol. The Morgan fingerprint density at radius 3 is 2.55 bits per heavy atom. The van der Waals surface area contributed by atoms with Gasteiger partial charge in [-0.25, -0.2) is 8.42 Å². The van der Waals surface area contributed by atoms with Crippen LogP contribution in [0.4, 0.5) is 0 Å². The minimum absolute atomic E-state index is 0.0286. The molecule has 2 heterocycles. The van der Waals surface area contributed by atoms with E-state index < -0.39 is 15.1 Å². The van der Waals surface area contributed by atoms with Crippen LogP contribution in [-0.2, 0) is 14.6 Å². The lowest BCUT2D eigenvalue weighted by Gasteiger charge is -2.42. The van der Waals surface area contributed by atoms with Gasteiger partial charge in [-0.3, -0.25) is 0 Å². The monoisotopic (exact) mass is 443 g/mol. The quantitative estimate of drug-likeness (QED) is 0.671. The second-order valence-electron chi connectivity index (χ2n) is 9.32. The van der Waals surface area contributed by atoms with E-state index in [-0.39, 0.29) is 18.1 Å². The van der Waals surface area contributed by atoms with Crippen molar-refractivity contribution < 1.29 is 17.9 Å². The molecule has 168 valence electrons. The molecule has 0 bridgehead atoms. The van der Waals surface area contributed by atoms with E-state index in [1.807, 2.05) is 19.1 Å². The molecule has 4 aliphatic rings. The molecule has 5 rings (SSSR count). The van der Waals surface area contributed by atoms with Gasteiger partial charge in [-0.1, -0.05) is 31.6 Å². The number of fused-ring (bicyclic) bond motifs is 1. The lowest BCUT2D eigenvalue weighted by atomic mass is 9.89. The van der Waals surface area contributed by atoms with E-state index in [0.29, 0.717) is 17.1 Å². The summed E-state index contributed by atoms with van der Waals surface area (Å²) in [7, 11) is -3.39. The number of hydrogen-bond donors (Lipinski definition) is 0. The van der Waals surface area contributed by atoms with Crippen LogP contribution in [0.25, 0.3) is 0 Å². The van der Waals surface area contributed by atoms with Crippen molar-refractivity contribution in [3.8, 4) is 5.75 Å². The van der Waals surface area contributed by atoms with Crippen LogP contribution in [0.3, 0.4) is 0 Å². The fourth-order valence-corrected chi connectivity index (χ4v) is 7.45. The molecular weight excluding hydrogens is 410 g/mol. The predicted octanol–water partition coefficient (Wildman–Crippen LogP) is 4.49. The first-order valence-electron chi connectivity index (χ1n) is 11.8. The van der Waals surface area contributed by atoms with Crippen molar-refractivity contribution >= 4 is 9.84 Å². The molecule has 0 amide bonds. The molecule has 0 radical (unpaired) electrons. The fraction of sp³-hybridized carbons (Fsp3) is 0.600. The van der Waals surface area contributed by atoms with E-state index in [1.54, 1.807) is 18.2 Å². The summed E-state index contributed by atoms with van der Waals surface area (Å²) in [5, 5.41) is -0.524. The molecule has 1 unspecified atom stereocenters. The normalized spacial score (nSPS) is 31.3. The van der Waals surface area contributed by atoms with E-state index in [1.165, 1.54) is 19.3 Å². The molecular formula is C25H33NO4S. The van der Waals surface area contributed by atoms with Crippen molar-refractivity contribution in [2.45, 2.75) is 80.3 Å². The van der Waals surface area contributed by atoms with Crippen LogP contribution in [0.1, 0.15) is 51.9 Å². The molecule has 3 atom stereocenters. The minimum Gasteiger partial charge on any atom is -0.491 e. The maximum Gasteiger partial charge on any atom is 0.188 e. The topological polar surface area (TPSA) is 55.8 Å². The molecule has 31 heavy (non-hydrogen) atoms. The van der Waals surface area contributed by atoms with Crippen molar-refractivity contribution in [3.05, 3.63) is 48.3 Å². The number of benzene rings is 1. The van der Waals surface area contributed by atoms with Crippen LogP contribution < -0.4 is 4.74 Å². The van der Waals surface area contributed by atoms with Gasteiger partial charge in [0.2, 0.25) is 0 Å². The number of ether oxygens (including phenoxy) is 2. The summed E-state index contributed by atoms with van der Waals surface area (Å²) in [5.41, 5.74) is 0. The van der Waals surface area contributed by atoms with Crippen LogP contribution in [-0.4, -0.2) is 49.9 Å². The smallest absolute Gasteiger partial charge is 0.188 e. The van der Waals surface area contributed by atoms with Gasteiger partial charge in [0.05, 0.1) is 0 Å². The summed E-state index contributed by atoms with van der Waals surface area (Å²) in [4.78, 5) is 2.96. The van der Waals surface area contributed by atoms with Crippen molar-refractivity contribution in [1.29, 1.82) is 0 Å². The lowest BCUT2D eigenvalue weighted by molar-refractivity contribution is 0.0219. The lowest BCUT2D eigenvalue weighted by Crippen LogP contribution is -2.46. The number of nitrogens with zero attached hydrogens (tertiary/aromatic N) is 1. The summed E-state index contributed by atoms with van der Waals surface area (Å²) >= 11 is 0. The minimum atomic E-state index is -3.39. The molecule has 1 saturated heterocycles. The molecule has 5 nitrogen and oxygen atoms in total. The third-order valence-corrected chi connectivity index (χ3v) is 9.83. The molecule has 6 heteroatoms. The van der Waals surface area contributed by atoms with Gasteiger partial charge in [0.15, 0.2) is 9.84 Å². The maximum atomic E-state index is 13.2. The number of para-hydroxylation sites is 1. The summed E-state index contributed by atoms with van der Waals surface area (Å²) in [6.07, 6.45) is 13.7. The molecule has 0 N–H and O–H groups in total. The molecule has 0 spiro atoms. The van der Waals surface area contributed by atoms with Crippen molar-refractivity contribution in [2.24, 2.45) is 5.92 Å². The maximum absolute atomic E-state index is 13.2. The summed E-state index contributed by atoms with van der Waals surface area (Å²) in [6.45, 7) is 4.21. The Bertz CT molecular complexity index is 957. The average molecular weight is 444 g/mol. The van der Waals surface area contributed by atoms with Gasteiger partial charge in [-0.2, -0.15) is 0 Å². The SMILES string of the molecule is CC[C@H]1[C@H](C2C=CC(OC3CCN(C4CCC4)CC3)=CC2)Oc2ccccc2S1(=O)=O. The Hall–Kier alpha value is -1.79. The number of allylic oxidation sites excluding steroid dienone is 2. The highest BCUT2D eigenvalue weighted by Crippen LogP contribution is 2.40. The zero-order valence-corrected chi connectivity index (χ0v) is 19.1. The number of hydrogen-bond acceptors (Lipinski definition) is 5. The molecule has 2 aliphatic carbocycles. The average Bonchev–Trinajstić information content (AvgIpc) is 2.74. The van der Waals surface area contributed by atoms with Crippen LogP contribution in [0.2, 0.25) is 0 Å². The molecule has 1 saturated carbocycles. The fourth-order valence-electron chi connectivity index (χ4n) is 5.41. The van der Waals surface area contributed by atoms with Crippen molar-refractivity contribution in [2.75, 3.05) is 13.1 Å². The molecule has 2 aliphatic heterocycles. The first-order valence-corrected chi connectivity index (χ1v) is 13.4. The second kappa shape index (κ2) is 8.62. The van der Waals surface area contributed by atoms with Crippen molar-refractivity contribution in [1.82, 2.24) is 4.90 Å². The molecule has 0 aromatic heterocycles. The van der Waals surface area contributed by atoms with E-state index in [0.717, 1.165) is 44.2 Å². The Labute approximate surface area is 186 Å². The van der Waals surface area contributed by atoms with Crippen molar-refractivity contribution in [3.63, 3.8) is 0 Å². The van der Waals surface area contributed by atoms with E-state index >= 15 is 0 Å². The Morgan fingerprint density at radius 1 is 1.13 bits per heavy atom. The molecule has 1 aromatic carbocycles. The highest BCUT2D eigenvalue weighted by atomic mass is 32.2. The first kappa shape index (κ1) is 21.1. The molecule has 2 fully saturated rings. The highest BCUT2D eigenvalue weighted by Gasteiger charge is 2.44. The van der Waals surface area contributed by atoms with Crippen LogP contribution in [0.15, 0.2) is 53.1 Å². The number of likely N-dealkylation sites (tertiary alicyclic amines) is 1. The van der Waals surface area contributed by atoms with Gasteiger partial charge in [-0.15, -0.1) is 0 Å². The van der Waals surface area contributed by atoms with Crippen LogP contribution >= 0.6 is 0 Å². The Kier molecular flexibility index (Phi) is 5.86.